The van der Waals surface area contributed by atoms with Gasteiger partial charge in [0.15, 0.2) is 6.10 Å². The second-order valence-electron chi connectivity index (χ2n) is 5.05. The second kappa shape index (κ2) is 9.34. The molecular weight excluding hydrogens is 271 g/mol. The molecule has 1 aromatic carbocycles. The average molecular weight is 296 g/mol. The lowest BCUT2D eigenvalue weighted by molar-refractivity contribution is -0.127. The first kappa shape index (κ1) is 17.4. The van der Waals surface area contributed by atoms with Crippen LogP contribution in [0, 0.1) is 5.82 Å². The first-order chi connectivity index (χ1) is 10.1. The molecule has 0 heterocycles. The highest BCUT2D eigenvalue weighted by Crippen LogP contribution is 2.21. The van der Waals surface area contributed by atoms with E-state index in [0.29, 0.717) is 30.8 Å². The van der Waals surface area contributed by atoms with Crippen LogP contribution >= 0.6 is 0 Å². The first-order valence-electron chi connectivity index (χ1n) is 7.51. The van der Waals surface area contributed by atoms with Crippen molar-refractivity contribution in [1.82, 2.24) is 5.32 Å². The van der Waals surface area contributed by atoms with E-state index in [1.165, 1.54) is 12.1 Å². The smallest absolute Gasteiger partial charge is 0.260 e. The highest BCUT2D eigenvalue weighted by Gasteiger charge is 2.16. The van der Waals surface area contributed by atoms with Gasteiger partial charge in [-0.25, -0.2) is 4.39 Å². The van der Waals surface area contributed by atoms with Crippen LogP contribution in [0.2, 0.25) is 0 Å². The normalized spacial score (nSPS) is 12.0. The highest BCUT2D eigenvalue weighted by molar-refractivity contribution is 5.80. The molecule has 3 N–H and O–H groups in total. The molecular formula is C16H25FN2O2. The van der Waals surface area contributed by atoms with Crippen LogP contribution in [0.5, 0.6) is 5.75 Å². The number of benzene rings is 1. The van der Waals surface area contributed by atoms with E-state index < -0.39 is 6.10 Å². The number of nitrogens with one attached hydrogen (secondary N) is 1. The van der Waals surface area contributed by atoms with Crippen LogP contribution in [-0.4, -0.2) is 25.1 Å². The zero-order valence-electron chi connectivity index (χ0n) is 12.8. The lowest BCUT2D eigenvalue weighted by Crippen LogP contribution is -2.37. The molecule has 0 aliphatic rings. The Kier molecular flexibility index (Phi) is 7.75. The van der Waals surface area contributed by atoms with Gasteiger partial charge in [0.1, 0.15) is 11.6 Å². The molecule has 1 rings (SSSR count). The molecule has 5 heteroatoms. The molecule has 0 spiro atoms. The van der Waals surface area contributed by atoms with Gasteiger partial charge in [0.2, 0.25) is 0 Å². The Morgan fingerprint density at radius 3 is 2.86 bits per heavy atom. The zero-order chi connectivity index (χ0) is 15.7. The molecule has 0 aliphatic heterocycles. The maximum atomic E-state index is 13.2. The molecule has 1 amide bonds. The number of hydrogen-bond acceptors (Lipinski definition) is 3. The van der Waals surface area contributed by atoms with E-state index in [2.05, 4.69) is 12.2 Å². The fourth-order valence-electron chi connectivity index (χ4n) is 1.99. The van der Waals surface area contributed by atoms with Crippen molar-refractivity contribution in [1.29, 1.82) is 0 Å². The van der Waals surface area contributed by atoms with Crippen LogP contribution in [0.1, 0.15) is 38.7 Å². The maximum Gasteiger partial charge on any atom is 0.260 e. The summed E-state index contributed by atoms with van der Waals surface area (Å²) >= 11 is 0. The fourth-order valence-corrected chi connectivity index (χ4v) is 1.99. The minimum absolute atomic E-state index is 0.158. The summed E-state index contributed by atoms with van der Waals surface area (Å²) < 4.78 is 18.9. The molecule has 0 aliphatic carbocycles. The molecule has 0 aromatic heterocycles. The van der Waals surface area contributed by atoms with Crippen molar-refractivity contribution in [3.63, 3.8) is 0 Å². The number of carbonyl (C=O) groups excluding carboxylic acids is 1. The third kappa shape index (κ3) is 6.12. The van der Waals surface area contributed by atoms with E-state index >= 15 is 0 Å². The minimum atomic E-state index is -0.617. The van der Waals surface area contributed by atoms with Crippen LogP contribution in [0.3, 0.4) is 0 Å². The predicted molar refractivity (Wildman–Crippen MR) is 81.8 cm³/mol. The lowest BCUT2D eigenvalue weighted by atomic mass is 10.1. The average Bonchev–Trinajstić information content (AvgIpc) is 2.46. The summed E-state index contributed by atoms with van der Waals surface area (Å²) in [6.07, 6.45) is 3.06. The van der Waals surface area contributed by atoms with Gasteiger partial charge in [0, 0.05) is 6.54 Å². The summed E-state index contributed by atoms with van der Waals surface area (Å²) in [6.45, 7) is 4.85. The van der Waals surface area contributed by atoms with Crippen molar-refractivity contribution in [2.75, 3.05) is 13.1 Å². The van der Waals surface area contributed by atoms with E-state index in [-0.39, 0.29) is 11.7 Å². The Hall–Kier alpha value is -1.62. The monoisotopic (exact) mass is 296 g/mol. The number of hydrogen-bond donors (Lipinski definition) is 2. The first-order valence-corrected chi connectivity index (χ1v) is 7.51. The summed E-state index contributed by atoms with van der Waals surface area (Å²) in [5, 5.41) is 2.84. The predicted octanol–water partition coefficient (Wildman–Crippen LogP) is 2.40. The molecule has 0 fully saturated rings. The van der Waals surface area contributed by atoms with Gasteiger partial charge in [-0.3, -0.25) is 4.79 Å². The van der Waals surface area contributed by atoms with Gasteiger partial charge in [0.25, 0.3) is 5.91 Å². The van der Waals surface area contributed by atoms with E-state index in [1.54, 1.807) is 13.0 Å². The van der Waals surface area contributed by atoms with Gasteiger partial charge in [-0.1, -0.05) is 19.8 Å². The van der Waals surface area contributed by atoms with Crippen molar-refractivity contribution in [2.45, 2.75) is 45.6 Å². The van der Waals surface area contributed by atoms with Gasteiger partial charge in [-0.05, 0) is 50.1 Å². The van der Waals surface area contributed by atoms with E-state index in [4.69, 9.17) is 10.5 Å². The number of amides is 1. The molecule has 1 unspecified atom stereocenters. The zero-order valence-corrected chi connectivity index (χ0v) is 12.8. The van der Waals surface area contributed by atoms with Crippen molar-refractivity contribution >= 4 is 5.91 Å². The third-order valence-corrected chi connectivity index (χ3v) is 3.19. The summed E-state index contributed by atoms with van der Waals surface area (Å²) in [4.78, 5) is 11.9. The van der Waals surface area contributed by atoms with Crippen LogP contribution in [0.25, 0.3) is 0 Å². The number of halogens is 1. The molecule has 4 nitrogen and oxygen atoms in total. The van der Waals surface area contributed by atoms with Crippen LogP contribution in [-0.2, 0) is 11.2 Å². The molecule has 21 heavy (non-hydrogen) atoms. The highest BCUT2D eigenvalue weighted by atomic mass is 19.1. The number of nitrogens with two attached hydrogens (primary N) is 1. The van der Waals surface area contributed by atoms with Crippen LogP contribution in [0.4, 0.5) is 4.39 Å². The molecule has 118 valence electrons. The van der Waals surface area contributed by atoms with Crippen molar-refractivity contribution < 1.29 is 13.9 Å². The van der Waals surface area contributed by atoms with Crippen molar-refractivity contribution in [3.8, 4) is 5.75 Å². The van der Waals surface area contributed by atoms with Gasteiger partial charge in [-0.2, -0.15) is 0 Å². The molecule has 1 atom stereocenters. The quantitative estimate of drug-likeness (QED) is 0.688. The SMILES string of the molecule is CCCCCNC(=O)C(C)Oc1ccc(F)cc1CCN. The van der Waals surface area contributed by atoms with Gasteiger partial charge >= 0.3 is 0 Å². The summed E-state index contributed by atoms with van der Waals surface area (Å²) in [6, 6.07) is 4.26. The summed E-state index contributed by atoms with van der Waals surface area (Å²) in [7, 11) is 0. The molecule has 0 saturated heterocycles. The summed E-state index contributed by atoms with van der Waals surface area (Å²) in [5.41, 5.74) is 6.19. The fraction of sp³-hybridized carbons (Fsp3) is 0.562. The topological polar surface area (TPSA) is 64.3 Å². The third-order valence-electron chi connectivity index (χ3n) is 3.19. The lowest BCUT2D eigenvalue weighted by Gasteiger charge is -2.17. The molecule has 0 radical (unpaired) electrons. The Bertz CT molecular complexity index is 452. The van der Waals surface area contributed by atoms with Gasteiger partial charge in [-0.15, -0.1) is 0 Å². The summed E-state index contributed by atoms with van der Waals surface area (Å²) in [5.74, 6) is 0.0228. The Labute approximate surface area is 125 Å². The largest absolute Gasteiger partial charge is 0.481 e. The molecule has 0 saturated carbocycles. The van der Waals surface area contributed by atoms with Crippen molar-refractivity contribution in [3.05, 3.63) is 29.6 Å². The van der Waals surface area contributed by atoms with Gasteiger partial charge in [0.05, 0.1) is 0 Å². The van der Waals surface area contributed by atoms with Crippen LogP contribution < -0.4 is 15.8 Å². The number of unbranched alkanes of at least 4 members (excludes halogenated alkanes) is 2. The molecule has 1 aromatic rings. The Morgan fingerprint density at radius 2 is 2.19 bits per heavy atom. The number of carbonyl (C=O) groups is 1. The van der Waals surface area contributed by atoms with Crippen molar-refractivity contribution in [2.24, 2.45) is 5.73 Å². The van der Waals surface area contributed by atoms with Gasteiger partial charge < -0.3 is 15.8 Å². The van der Waals surface area contributed by atoms with E-state index in [1.807, 2.05) is 0 Å². The Morgan fingerprint density at radius 1 is 1.43 bits per heavy atom. The van der Waals surface area contributed by atoms with E-state index in [0.717, 1.165) is 19.3 Å². The minimum Gasteiger partial charge on any atom is -0.481 e. The second-order valence-corrected chi connectivity index (χ2v) is 5.05. The Balaban J connectivity index is 2.57. The maximum absolute atomic E-state index is 13.2. The standard InChI is InChI=1S/C16H25FN2O2/c1-3-4-5-10-19-16(20)12(2)21-15-7-6-14(17)11-13(15)8-9-18/h6-7,11-12H,3-5,8-10,18H2,1-2H3,(H,19,20). The number of ether oxygens (including phenoxy) is 1. The number of rotatable bonds is 9. The van der Waals surface area contributed by atoms with E-state index in [9.17, 15) is 9.18 Å². The van der Waals surface area contributed by atoms with Crippen LogP contribution in [0.15, 0.2) is 18.2 Å². The molecule has 0 bridgehead atoms.